The number of pyridine rings is 1. The molecular formula is C50H70F4N6OS. The number of aryl methyl sites for hydroxylation is 4. The molecule has 0 aliphatic carbocycles. The number of hydrogen-bond donors (Lipinski definition) is 1. The Kier molecular flexibility index (Phi) is 27.6. The molecule has 0 amide bonds. The first-order valence-corrected chi connectivity index (χ1v) is 22.6. The molecule has 1 N–H and O–H groups in total. The summed E-state index contributed by atoms with van der Waals surface area (Å²) >= 11 is 1.75. The van der Waals surface area contributed by atoms with E-state index in [4.69, 9.17) is 10.00 Å². The van der Waals surface area contributed by atoms with E-state index < -0.39 is 17.8 Å². The minimum atomic E-state index is -4.50. The minimum absolute atomic E-state index is 0.0559. The first-order chi connectivity index (χ1) is 29.4. The number of aromatic amines is 1. The molecule has 62 heavy (non-hydrogen) atoms. The maximum Gasteiger partial charge on any atom is 0.451 e. The lowest BCUT2D eigenvalue weighted by atomic mass is 10.0. The Hall–Kier alpha value is -4.89. The number of nitriles is 1. The van der Waals surface area contributed by atoms with Gasteiger partial charge in [-0.3, -0.25) is 10.1 Å². The van der Waals surface area contributed by atoms with Crippen molar-refractivity contribution in [1.29, 1.82) is 5.26 Å². The molecule has 5 aromatic rings. The van der Waals surface area contributed by atoms with Gasteiger partial charge in [0.1, 0.15) is 12.4 Å². The van der Waals surface area contributed by atoms with Crippen LogP contribution < -0.4 is 4.74 Å². The molecule has 0 bridgehead atoms. The van der Waals surface area contributed by atoms with Crippen molar-refractivity contribution in [2.45, 2.75) is 153 Å². The number of alkyl halides is 3. The second kappa shape index (κ2) is 31.0. The van der Waals surface area contributed by atoms with E-state index in [1.807, 2.05) is 61.8 Å². The van der Waals surface area contributed by atoms with Gasteiger partial charge in [0.05, 0.1) is 17.1 Å². The standard InChI is InChI=1S/C14H11FN2O.C11H10F3N3.C10H22.C8H16.C7H11NS/c1-10-3-2-4-14(17-10)18-9-12-6-5-11(8-16)7-13(12)15;1-6-3-4-8(5-7(6)2)9-15-10(17-16-9)11(12,13)14;1-4-5-6-7-8-9-10(2)3;1-5-8(4)6-7(2)3;1-2-3-4-7-5-8-6-9-7/h2-7H,9H2,1H3;3-5H,1-2H3,(H,15,16,17);10H,4-9H2,1-3H3;5,7H,6H2,1-4H3;5-6H,2-4H2,1H3/b;;;8-5+;. The van der Waals surface area contributed by atoms with E-state index in [0.29, 0.717) is 22.6 Å². The normalized spacial score (nSPS) is 10.9. The lowest BCUT2D eigenvalue weighted by Crippen LogP contribution is -2.07. The largest absolute Gasteiger partial charge is 0.473 e. The number of benzene rings is 2. The first kappa shape index (κ1) is 55.1. The maximum absolute atomic E-state index is 13.6. The van der Waals surface area contributed by atoms with Crippen LogP contribution in [0.3, 0.4) is 0 Å². The molecule has 0 radical (unpaired) electrons. The Labute approximate surface area is 373 Å². The molecule has 340 valence electrons. The van der Waals surface area contributed by atoms with Crippen molar-refractivity contribution in [3.05, 3.63) is 122 Å². The van der Waals surface area contributed by atoms with Crippen molar-refractivity contribution in [1.82, 2.24) is 25.1 Å². The Morgan fingerprint density at radius 1 is 0.887 bits per heavy atom. The number of halogens is 4. The van der Waals surface area contributed by atoms with Gasteiger partial charge in [0.15, 0.2) is 5.82 Å². The van der Waals surface area contributed by atoms with E-state index in [1.54, 1.807) is 41.7 Å². The third-order valence-electron chi connectivity index (χ3n) is 9.31. The average Bonchev–Trinajstić information content (AvgIpc) is 3.95. The van der Waals surface area contributed by atoms with Gasteiger partial charge in [0.25, 0.3) is 0 Å². The molecule has 0 unspecified atom stereocenters. The summed E-state index contributed by atoms with van der Waals surface area (Å²) in [6, 6.07) is 16.9. The molecule has 12 heteroatoms. The van der Waals surface area contributed by atoms with Gasteiger partial charge < -0.3 is 4.74 Å². The fourth-order valence-corrected chi connectivity index (χ4v) is 6.16. The van der Waals surface area contributed by atoms with Crippen LogP contribution in [0.4, 0.5) is 17.6 Å². The number of nitrogens with zero attached hydrogens (tertiary/aromatic N) is 5. The number of unbranched alkanes of at least 4 members (excludes halogenated alkanes) is 5. The van der Waals surface area contributed by atoms with Crippen LogP contribution in [0.1, 0.15) is 152 Å². The van der Waals surface area contributed by atoms with E-state index in [9.17, 15) is 17.6 Å². The minimum Gasteiger partial charge on any atom is -0.473 e. The smallest absolute Gasteiger partial charge is 0.451 e. The fourth-order valence-electron chi connectivity index (χ4n) is 5.52. The van der Waals surface area contributed by atoms with E-state index in [0.717, 1.165) is 28.7 Å². The van der Waals surface area contributed by atoms with Crippen LogP contribution in [0.15, 0.2) is 78.0 Å². The van der Waals surface area contributed by atoms with E-state index in [1.165, 1.54) is 80.7 Å². The summed E-state index contributed by atoms with van der Waals surface area (Å²) in [4.78, 5) is 13.0. The third kappa shape index (κ3) is 24.5. The zero-order valence-corrected chi connectivity index (χ0v) is 39.7. The molecule has 2 aromatic carbocycles. The van der Waals surface area contributed by atoms with Crippen molar-refractivity contribution in [3.63, 3.8) is 0 Å². The molecule has 5 rings (SSSR count). The Morgan fingerprint density at radius 3 is 2.11 bits per heavy atom. The van der Waals surface area contributed by atoms with Gasteiger partial charge in [-0.2, -0.15) is 23.5 Å². The summed E-state index contributed by atoms with van der Waals surface area (Å²) in [6.07, 6.45) is 13.2. The zero-order valence-electron chi connectivity index (χ0n) is 38.9. The highest BCUT2D eigenvalue weighted by Gasteiger charge is 2.35. The molecule has 0 aliphatic heterocycles. The highest BCUT2D eigenvalue weighted by atomic mass is 32.1. The summed E-state index contributed by atoms with van der Waals surface area (Å²) in [6.45, 7) is 23.6. The maximum atomic E-state index is 13.6. The van der Waals surface area contributed by atoms with Crippen LogP contribution in [-0.4, -0.2) is 25.1 Å². The van der Waals surface area contributed by atoms with Crippen molar-refractivity contribution in [3.8, 4) is 23.3 Å². The van der Waals surface area contributed by atoms with Gasteiger partial charge in [-0.15, -0.1) is 11.3 Å². The Bertz CT molecular complexity index is 2020. The van der Waals surface area contributed by atoms with Crippen LogP contribution in [0, 0.1) is 49.8 Å². The summed E-state index contributed by atoms with van der Waals surface area (Å²) in [7, 11) is 0. The SMILES string of the molecule is C/C=C(\C)CC(C)C.CCCCCCCC(C)C.CCCCc1cncs1.Cc1ccc(-c2n[nH]c(C(F)(F)F)n2)cc1C.Cc1cccc(OCc2ccc(C#N)cc2F)n1. The van der Waals surface area contributed by atoms with Crippen molar-refractivity contribution >= 4 is 11.3 Å². The molecule has 0 spiro atoms. The van der Waals surface area contributed by atoms with Gasteiger partial charge in [-0.25, -0.2) is 14.4 Å². The number of rotatable bonds is 15. The van der Waals surface area contributed by atoms with Crippen molar-refractivity contribution in [2.24, 2.45) is 11.8 Å². The van der Waals surface area contributed by atoms with E-state index >= 15 is 0 Å². The van der Waals surface area contributed by atoms with Crippen LogP contribution in [-0.2, 0) is 19.2 Å². The predicted octanol–water partition coefficient (Wildman–Crippen LogP) is 15.6. The highest BCUT2D eigenvalue weighted by molar-refractivity contribution is 7.09. The number of ether oxygens (including phenoxy) is 1. The monoisotopic (exact) mass is 879 g/mol. The first-order valence-electron chi connectivity index (χ1n) is 21.7. The highest BCUT2D eigenvalue weighted by Crippen LogP contribution is 2.28. The molecule has 3 aromatic heterocycles. The number of H-pyrrole nitrogens is 1. The van der Waals surface area contributed by atoms with Crippen LogP contribution in [0.5, 0.6) is 5.88 Å². The van der Waals surface area contributed by atoms with Gasteiger partial charge in [-0.05, 0) is 101 Å². The third-order valence-corrected chi connectivity index (χ3v) is 10.1. The van der Waals surface area contributed by atoms with Gasteiger partial charge in [0, 0.05) is 34.0 Å². The summed E-state index contributed by atoms with van der Waals surface area (Å²) in [5.41, 5.74) is 7.56. The molecule has 7 nitrogen and oxygen atoms in total. The molecule has 0 atom stereocenters. The number of nitrogens with one attached hydrogen (secondary N) is 1. The number of thiazole rings is 1. The van der Waals surface area contributed by atoms with Gasteiger partial charge in [-0.1, -0.05) is 122 Å². The molecule has 3 heterocycles. The number of aromatic nitrogens is 5. The van der Waals surface area contributed by atoms with Gasteiger partial charge in [0.2, 0.25) is 11.7 Å². The topological polar surface area (TPSA) is 100 Å². The van der Waals surface area contributed by atoms with Gasteiger partial charge >= 0.3 is 6.18 Å². The molecule has 0 fully saturated rings. The van der Waals surface area contributed by atoms with Crippen molar-refractivity contribution < 1.29 is 22.3 Å². The second-order valence-corrected chi connectivity index (χ2v) is 17.0. The number of allylic oxidation sites excluding steroid dienone is 2. The lowest BCUT2D eigenvalue weighted by Gasteiger charge is -2.06. The van der Waals surface area contributed by atoms with Crippen LogP contribution in [0.25, 0.3) is 11.4 Å². The summed E-state index contributed by atoms with van der Waals surface area (Å²) in [5.74, 6) is 0.708. The molecule has 0 saturated carbocycles. The predicted molar refractivity (Wildman–Crippen MR) is 249 cm³/mol. The van der Waals surface area contributed by atoms with Crippen LogP contribution >= 0.6 is 11.3 Å². The summed E-state index contributed by atoms with van der Waals surface area (Å²) < 4.78 is 55.9. The van der Waals surface area contributed by atoms with Crippen molar-refractivity contribution in [2.75, 3.05) is 0 Å². The number of hydrogen-bond acceptors (Lipinski definition) is 7. The quantitative estimate of drug-likeness (QED) is 0.0639. The van der Waals surface area contributed by atoms with Crippen LogP contribution in [0.2, 0.25) is 0 Å². The van der Waals surface area contributed by atoms with E-state index in [-0.39, 0.29) is 12.4 Å². The second-order valence-electron chi connectivity index (χ2n) is 16.0. The summed E-state index contributed by atoms with van der Waals surface area (Å²) in [5, 5.41) is 14.1. The lowest BCUT2D eigenvalue weighted by molar-refractivity contribution is -0.144. The molecule has 0 aliphatic rings. The fraction of sp³-hybridized carbons (Fsp3) is 0.500. The van der Waals surface area contributed by atoms with E-state index in [2.05, 4.69) is 81.5 Å². The molecule has 0 saturated heterocycles. The average molecular weight is 879 g/mol. The Balaban J connectivity index is 0.000000404. The molecular weight excluding hydrogens is 809 g/mol. The zero-order chi connectivity index (χ0) is 46.5. The Morgan fingerprint density at radius 2 is 1.60 bits per heavy atom.